The fourth-order valence-corrected chi connectivity index (χ4v) is 5.70. The van der Waals surface area contributed by atoms with Crippen LogP contribution in [0.4, 0.5) is 5.69 Å². The van der Waals surface area contributed by atoms with Crippen LogP contribution in [0.1, 0.15) is 30.3 Å². The molecule has 0 aliphatic carbocycles. The Bertz CT molecular complexity index is 1530. The largest absolute Gasteiger partial charge is 0.322 e. The van der Waals surface area contributed by atoms with Crippen molar-refractivity contribution >= 4 is 40.3 Å². The number of nitrogens with one attached hydrogen (secondary N) is 1. The number of allylic oxidation sites excluding steroid dienone is 1. The molecule has 1 unspecified atom stereocenters. The van der Waals surface area contributed by atoms with Crippen molar-refractivity contribution in [3.8, 4) is 0 Å². The normalized spacial score (nSPS) is 15.9. The summed E-state index contributed by atoms with van der Waals surface area (Å²) in [6.45, 7) is 4.59. The Morgan fingerprint density at radius 1 is 1.21 bits per heavy atom. The van der Waals surface area contributed by atoms with E-state index in [-0.39, 0.29) is 11.5 Å². The summed E-state index contributed by atoms with van der Waals surface area (Å²) in [6.07, 6.45) is 5.47. The second kappa shape index (κ2) is 8.76. The maximum atomic E-state index is 13.5. The average molecular weight is 476 g/mol. The van der Waals surface area contributed by atoms with E-state index in [0.717, 1.165) is 17.0 Å². The second-order valence-electron chi connectivity index (χ2n) is 7.55. The van der Waals surface area contributed by atoms with Gasteiger partial charge in [-0.2, -0.15) is 5.10 Å². The predicted molar refractivity (Wildman–Crippen MR) is 131 cm³/mol. The molecule has 0 spiro atoms. The highest BCUT2D eigenvalue weighted by Crippen LogP contribution is 2.33. The van der Waals surface area contributed by atoms with Crippen LogP contribution in [0, 0.1) is 0 Å². The van der Waals surface area contributed by atoms with E-state index in [2.05, 4.69) is 15.4 Å². The molecule has 33 heavy (non-hydrogen) atoms. The average Bonchev–Trinajstić information content (AvgIpc) is 3.55. The number of aryl methyl sites for hydroxylation is 1. The first-order chi connectivity index (χ1) is 16.0. The highest BCUT2D eigenvalue weighted by Gasteiger charge is 2.33. The summed E-state index contributed by atoms with van der Waals surface area (Å²) in [5.74, 6) is -0.264. The molecule has 0 radical (unpaired) electrons. The van der Waals surface area contributed by atoms with E-state index in [0.29, 0.717) is 26.3 Å². The molecule has 0 bridgehead atoms. The molecule has 4 heterocycles. The minimum absolute atomic E-state index is 0.168. The van der Waals surface area contributed by atoms with Gasteiger partial charge in [0.2, 0.25) is 0 Å². The minimum atomic E-state index is -0.537. The van der Waals surface area contributed by atoms with Gasteiger partial charge in [0.15, 0.2) is 4.80 Å². The van der Waals surface area contributed by atoms with Crippen LogP contribution < -0.4 is 20.2 Å². The topological polar surface area (TPSA) is 81.3 Å². The van der Waals surface area contributed by atoms with E-state index >= 15 is 0 Å². The number of nitrogens with zero attached hydrogens (tertiary/aromatic N) is 4. The number of aromatic nitrogens is 3. The third-order valence-electron chi connectivity index (χ3n) is 5.39. The third kappa shape index (κ3) is 4.01. The van der Waals surface area contributed by atoms with E-state index in [1.165, 1.54) is 22.7 Å². The Morgan fingerprint density at radius 3 is 2.73 bits per heavy atom. The van der Waals surface area contributed by atoms with Crippen LogP contribution >= 0.6 is 22.7 Å². The number of fused-ring (bicyclic) bond motifs is 1. The first kappa shape index (κ1) is 21.3. The van der Waals surface area contributed by atoms with E-state index in [1.54, 1.807) is 10.8 Å². The van der Waals surface area contributed by atoms with Crippen LogP contribution in [0.5, 0.6) is 0 Å². The number of thiazole rings is 1. The summed E-state index contributed by atoms with van der Waals surface area (Å²) in [5, 5.41) is 9.19. The predicted octanol–water partition coefficient (Wildman–Crippen LogP) is 3.15. The molecule has 1 aliphatic rings. The number of carbonyl (C=O) groups excluding carboxylic acids is 1. The molecule has 0 saturated carbocycles. The lowest BCUT2D eigenvalue weighted by molar-refractivity contribution is -0.113. The number of benzene rings is 1. The second-order valence-corrected chi connectivity index (χ2v) is 9.54. The van der Waals surface area contributed by atoms with Gasteiger partial charge in [-0.1, -0.05) is 35.6 Å². The standard InChI is InChI=1S/C24H21N5O2S2/c1-3-28-14-16(13-25-28)12-19-23(31)29-21(18-10-7-11-32-18)20(15(2)26-24(29)33-19)22(30)27-17-8-5-4-6-9-17/h4-14,21H,3H2,1-2H3,(H,27,30)/b19-12+. The van der Waals surface area contributed by atoms with Crippen molar-refractivity contribution in [1.82, 2.24) is 14.3 Å². The Hall–Kier alpha value is -3.56. The van der Waals surface area contributed by atoms with Gasteiger partial charge in [-0.3, -0.25) is 18.8 Å². The number of hydrogen-bond donors (Lipinski definition) is 1. The van der Waals surface area contributed by atoms with Crippen LogP contribution in [0.25, 0.3) is 6.08 Å². The van der Waals surface area contributed by atoms with Gasteiger partial charge in [0.1, 0.15) is 6.04 Å². The fraction of sp³-hybridized carbons (Fsp3) is 0.167. The number of thiophene rings is 1. The maximum Gasteiger partial charge on any atom is 0.271 e. The first-order valence-electron chi connectivity index (χ1n) is 10.5. The van der Waals surface area contributed by atoms with Gasteiger partial charge in [0.25, 0.3) is 11.5 Å². The SMILES string of the molecule is CCn1cc(/C=c2/sc3n(c2=O)C(c2cccs2)C(C(=O)Nc2ccccc2)=C(C)N=3)cn1. The number of carbonyl (C=O) groups is 1. The zero-order chi connectivity index (χ0) is 22.9. The van der Waals surface area contributed by atoms with Gasteiger partial charge in [0.05, 0.1) is 22.0 Å². The molecule has 1 aliphatic heterocycles. The van der Waals surface area contributed by atoms with Gasteiger partial charge >= 0.3 is 0 Å². The Morgan fingerprint density at radius 2 is 2.03 bits per heavy atom. The van der Waals surface area contributed by atoms with Crippen LogP contribution in [-0.4, -0.2) is 20.3 Å². The molecule has 0 saturated heterocycles. The van der Waals surface area contributed by atoms with Crippen molar-refractivity contribution in [3.63, 3.8) is 0 Å². The molecule has 0 fully saturated rings. The third-order valence-corrected chi connectivity index (χ3v) is 7.29. The van der Waals surface area contributed by atoms with Gasteiger partial charge in [-0.15, -0.1) is 11.3 Å². The molecule has 4 aromatic rings. The summed E-state index contributed by atoms with van der Waals surface area (Å²) >= 11 is 2.84. The van der Waals surface area contributed by atoms with Gasteiger partial charge in [-0.25, -0.2) is 4.99 Å². The summed E-state index contributed by atoms with van der Waals surface area (Å²) in [4.78, 5) is 33.1. The van der Waals surface area contributed by atoms with Crippen LogP contribution in [0.15, 0.2) is 81.3 Å². The first-order valence-corrected chi connectivity index (χ1v) is 12.2. The Kier molecular flexibility index (Phi) is 5.65. The zero-order valence-electron chi connectivity index (χ0n) is 18.1. The fourth-order valence-electron chi connectivity index (χ4n) is 3.83. The van der Waals surface area contributed by atoms with E-state index in [9.17, 15) is 9.59 Å². The molecule has 166 valence electrons. The molecule has 1 aromatic carbocycles. The van der Waals surface area contributed by atoms with Crippen molar-refractivity contribution in [3.05, 3.63) is 102 Å². The monoisotopic (exact) mass is 475 g/mol. The summed E-state index contributed by atoms with van der Waals surface area (Å²) in [6, 6.07) is 12.6. The van der Waals surface area contributed by atoms with E-state index < -0.39 is 6.04 Å². The molecular formula is C24H21N5O2S2. The summed E-state index contributed by atoms with van der Waals surface area (Å²) in [5.41, 5.74) is 2.46. The molecule has 7 nitrogen and oxygen atoms in total. The quantitative estimate of drug-likeness (QED) is 0.482. The number of para-hydroxylation sites is 1. The summed E-state index contributed by atoms with van der Waals surface area (Å²) < 4.78 is 4.01. The molecule has 3 aromatic heterocycles. The summed E-state index contributed by atoms with van der Waals surface area (Å²) in [7, 11) is 0. The molecule has 5 rings (SSSR count). The Labute approximate surface area is 197 Å². The Balaban J connectivity index is 1.64. The lowest BCUT2D eigenvalue weighted by Crippen LogP contribution is -2.40. The smallest absolute Gasteiger partial charge is 0.271 e. The van der Waals surface area contributed by atoms with Gasteiger partial charge in [0, 0.05) is 28.9 Å². The van der Waals surface area contributed by atoms with Crippen molar-refractivity contribution < 1.29 is 4.79 Å². The van der Waals surface area contributed by atoms with Crippen molar-refractivity contribution in [2.45, 2.75) is 26.4 Å². The zero-order valence-corrected chi connectivity index (χ0v) is 19.7. The minimum Gasteiger partial charge on any atom is -0.322 e. The highest BCUT2D eigenvalue weighted by molar-refractivity contribution is 7.10. The van der Waals surface area contributed by atoms with Crippen molar-refractivity contribution in [2.24, 2.45) is 4.99 Å². The van der Waals surface area contributed by atoms with Gasteiger partial charge < -0.3 is 5.32 Å². The van der Waals surface area contributed by atoms with Crippen LogP contribution in [0.3, 0.4) is 0 Å². The molecule has 1 N–H and O–H groups in total. The van der Waals surface area contributed by atoms with Crippen LogP contribution in [0.2, 0.25) is 0 Å². The van der Waals surface area contributed by atoms with Gasteiger partial charge in [-0.05, 0) is 43.5 Å². The molecule has 1 atom stereocenters. The lowest BCUT2D eigenvalue weighted by Gasteiger charge is -2.24. The van der Waals surface area contributed by atoms with E-state index in [1.807, 2.05) is 78.6 Å². The lowest BCUT2D eigenvalue weighted by atomic mass is 10.0. The van der Waals surface area contributed by atoms with Crippen LogP contribution in [-0.2, 0) is 11.3 Å². The molecular weight excluding hydrogens is 454 g/mol. The number of hydrogen-bond acceptors (Lipinski definition) is 6. The van der Waals surface area contributed by atoms with Crippen molar-refractivity contribution in [2.75, 3.05) is 5.32 Å². The number of amides is 1. The molecule has 1 amide bonds. The number of rotatable bonds is 5. The molecule has 9 heteroatoms. The maximum absolute atomic E-state index is 13.5. The highest BCUT2D eigenvalue weighted by atomic mass is 32.1. The van der Waals surface area contributed by atoms with Crippen molar-refractivity contribution in [1.29, 1.82) is 0 Å². The van der Waals surface area contributed by atoms with E-state index in [4.69, 9.17) is 0 Å². The number of anilines is 1.